The van der Waals surface area contributed by atoms with E-state index in [2.05, 4.69) is 19.2 Å². The zero-order valence-corrected chi connectivity index (χ0v) is 17.7. The molecule has 3 aliphatic rings. The molecule has 0 spiro atoms. The molecule has 158 valence electrons. The Morgan fingerprint density at radius 1 is 1.10 bits per heavy atom. The summed E-state index contributed by atoms with van der Waals surface area (Å²) in [6, 6.07) is 7.98. The average Bonchev–Trinajstić information content (AvgIpc) is 3.17. The number of esters is 1. The third-order valence-electron chi connectivity index (χ3n) is 6.61. The SMILES string of the molecule is COc1ccc2c(c1OC)C[N@+]1(C)CCc3cc4c(cc3[C@@H]1[C@H]2OC(C)=O)OCO4. The molecule has 0 unspecified atom stereocenters. The van der Waals surface area contributed by atoms with E-state index >= 15 is 0 Å². The number of carbonyl (C=O) groups excluding carboxylic acids is 1. The zero-order chi connectivity index (χ0) is 21.0. The molecule has 0 aliphatic carbocycles. The molecule has 2 aromatic rings. The van der Waals surface area contributed by atoms with Crippen LogP contribution in [-0.2, 0) is 22.5 Å². The van der Waals surface area contributed by atoms with Gasteiger partial charge in [-0.1, -0.05) is 6.07 Å². The number of fused-ring (bicyclic) bond motifs is 5. The third-order valence-corrected chi connectivity index (χ3v) is 6.61. The number of rotatable bonds is 3. The summed E-state index contributed by atoms with van der Waals surface area (Å²) in [7, 11) is 5.50. The maximum absolute atomic E-state index is 12.1. The fourth-order valence-electron chi connectivity index (χ4n) is 5.28. The molecule has 3 heterocycles. The second kappa shape index (κ2) is 6.80. The molecule has 5 rings (SSSR count). The molecule has 0 bridgehead atoms. The van der Waals surface area contributed by atoms with Crippen LogP contribution in [0.2, 0.25) is 0 Å². The molecule has 0 radical (unpaired) electrons. The number of hydrogen-bond donors (Lipinski definition) is 0. The molecule has 7 heteroatoms. The Hall–Kier alpha value is -2.93. The summed E-state index contributed by atoms with van der Waals surface area (Å²) in [5.74, 6) is 2.63. The van der Waals surface area contributed by atoms with Crippen molar-refractivity contribution in [3.05, 3.63) is 46.5 Å². The molecule has 0 amide bonds. The van der Waals surface area contributed by atoms with Gasteiger partial charge >= 0.3 is 5.97 Å². The molecule has 3 aliphatic heterocycles. The van der Waals surface area contributed by atoms with Crippen LogP contribution in [0.25, 0.3) is 0 Å². The van der Waals surface area contributed by atoms with Crippen LogP contribution in [-0.4, -0.2) is 45.1 Å². The highest BCUT2D eigenvalue weighted by molar-refractivity contribution is 5.67. The van der Waals surface area contributed by atoms with E-state index in [1.165, 1.54) is 12.5 Å². The van der Waals surface area contributed by atoms with Crippen molar-refractivity contribution in [2.24, 2.45) is 0 Å². The minimum absolute atomic E-state index is 0.0437. The fraction of sp³-hybridized carbons (Fsp3) is 0.435. The van der Waals surface area contributed by atoms with Gasteiger partial charge in [0.2, 0.25) is 6.79 Å². The topological polar surface area (TPSA) is 63.2 Å². The predicted molar refractivity (Wildman–Crippen MR) is 108 cm³/mol. The Morgan fingerprint density at radius 3 is 2.57 bits per heavy atom. The molecule has 7 nitrogen and oxygen atoms in total. The van der Waals surface area contributed by atoms with Crippen LogP contribution in [0.4, 0.5) is 0 Å². The van der Waals surface area contributed by atoms with Gasteiger partial charge in [-0.05, 0) is 23.8 Å². The van der Waals surface area contributed by atoms with Crippen LogP contribution in [0.3, 0.4) is 0 Å². The number of benzene rings is 2. The quantitative estimate of drug-likeness (QED) is 0.570. The lowest BCUT2D eigenvalue weighted by molar-refractivity contribution is -0.960. The molecule has 0 saturated carbocycles. The lowest BCUT2D eigenvalue weighted by atomic mass is 9.79. The zero-order valence-electron chi connectivity index (χ0n) is 17.7. The van der Waals surface area contributed by atoms with E-state index in [-0.39, 0.29) is 18.8 Å². The maximum atomic E-state index is 12.1. The highest BCUT2D eigenvalue weighted by Crippen LogP contribution is 2.54. The molecule has 30 heavy (non-hydrogen) atoms. The number of methoxy groups -OCH3 is 2. The first-order valence-corrected chi connectivity index (χ1v) is 10.1. The Balaban J connectivity index is 1.72. The first-order chi connectivity index (χ1) is 14.4. The van der Waals surface area contributed by atoms with E-state index in [9.17, 15) is 4.79 Å². The number of likely N-dealkylation sites (N-methyl/N-ethyl adjacent to an activating group) is 1. The second-order valence-corrected chi connectivity index (χ2v) is 8.36. The van der Waals surface area contributed by atoms with Crippen molar-refractivity contribution in [3.8, 4) is 23.0 Å². The first-order valence-electron chi connectivity index (χ1n) is 10.1. The molecule has 2 aromatic carbocycles. The number of quaternary nitrogens is 1. The monoisotopic (exact) mass is 412 g/mol. The molecule has 0 N–H and O–H groups in total. The van der Waals surface area contributed by atoms with Gasteiger partial charge in [-0.25, -0.2) is 0 Å². The summed E-state index contributed by atoms with van der Waals surface area (Å²) in [4.78, 5) is 12.1. The summed E-state index contributed by atoms with van der Waals surface area (Å²) in [5.41, 5.74) is 4.38. The van der Waals surface area contributed by atoms with E-state index in [0.29, 0.717) is 16.0 Å². The van der Waals surface area contributed by atoms with Gasteiger partial charge in [-0.3, -0.25) is 4.79 Å². The number of ether oxygens (including phenoxy) is 5. The summed E-state index contributed by atoms with van der Waals surface area (Å²) in [5, 5.41) is 0. The molecular weight excluding hydrogens is 386 g/mol. The molecular formula is C23H26NO6+. The molecule has 0 saturated heterocycles. The van der Waals surface area contributed by atoms with Crippen LogP contribution in [0, 0.1) is 0 Å². The van der Waals surface area contributed by atoms with E-state index in [1.54, 1.807) is 14.2 Å². The predicted octanol–water partition coefficient (Wildman–Crippen LogP) is 3.29. The fourth-order valence-corrected chi connectivity index (χ4v) is 5.28. The van der Waals surface area contributed by atoms with Crippen LogP contribution in [0.1, 0.15) is 41.3 Å². The van der Waals surface area contributed by atoms with Gasteiger partial charge in [-0.15, -0.1) is 0 Å². The maximum Gasteiger partial charge on any atom is 0.303 e. The van der Waals surface area contributed by atoms with Crippen LogP contribution in [0.5, 0.6) is 23.0 Å². The van der Waals surface area contributed by atoms with Gasteiger partial charge in [-0.2, -0.15) is 0 Å². The normalized spacial score (nSPS) is 25.6. The van der Waals surface area contributed by atoms with E-state index in [4.69, 9.17) is 23.7 Å². The summed E-state index contributed by atoms with van der Waals surface area (Å²) >= 11 is 0. The van der Waals surface area contributed by atoms with Gasteiger partial charge in [0.1, 0.15) is 6.54 Å². The Kier molecular flexibility index (Phi) is 4.32. The summed E-state index contributed by atoms with van der Waals surface area (Å²) < 4.78 is 29.2. The Morgan fingerprint density at radius 2 is 1.87 bits per heavy atom. The van der Waals surface area contributed by atoms with Crippen LogP contribution >= 0.6 is 0 Å². The van der Waals surface area contributed by atoms with Gasteiger partial charge in [0.25, 0.3) is 0 Å². The molecule has 3 atom stereocenters. The average molecular weight is 412 g/mol. The Labute approximate surface area is 175 Å². The smallest absolute Gasteiger partial charge is 0.303 e. The molecule has 0 aromatic heterocycles. The van der Waals surface area contributed by atoms with Gasteiger partial charge < -0.3 is 28.2 Å². The number of nitrogens with zero attached hydrogens (tertiary/aromatic N) is 1. The number of carbonyl (C=O) groups is 1. The van der Waals surface area contributed by atoms with E-state index in [1.807, 2.05) is 12.1 Å². The largest absolute Gasteiger partial charge is 0.493 e. The van der Waals surface area contributed by atoms with Gasteiger partial charge in [0.05, 0.1) is 33.4 Å². The highest BCUT2D eigenvalue weighted by atomic mass is 16.7. The van der Waals surface area contributed by atoms with Crippen molar-refractivity contribution in [2.45, 2.75) is 32.0 Å². The van der Waals surface area contributed by atoms with E-state index < -0.39 is 6.10 Å². The lowest BCUT2D eigenvalue weighted by Gasteiger charge is -2.51. The summed E-state index contributed by atoms with van der Waals surface area (Å²) in [6.07, 6.45) is 0.475. The minimum Gasteiger partial charge on any atom is -0.493 e. The number of hydrogen-bond acceptors (Lipinski definition) is 6. The van der Waals surface area contributed by atoms with Crippen molar-refractivity contribution in [1.82, 2.24) is 0 Å². The summed E-state index contributed by atoms with van der Waals surface area (Å²) in [6.45, 7) is 3.37. The van der Waals surface area contributed by atoms with Crippen molar-refractivity contribution in [2.75, 3.05) is 34.6 Å². The first kappa shape index (κ1) is 19.1. The van der Waals surface area contributed by atoms with Crippen molar-refractivity contribution in [3.63, 3.8) is 0 Å². The van der Waals surface area contributed by atoms with Crippen molar-refractivity contribution < 1.29 is 33.0 Å². The van der Waals surface area contributed by atoms with Gasteiger partial charge in [0.15, 0.2) is 35.1 Å². The van der Waals surface area contributed by atoms with Crippen LogP contribution < -0.4 is 18.9 Å². The third kappa shape index (κ3) is 2.72. The standard InChI is InChI=1S/C23H26NO6/c1-13(25)30-23-15-5-6-18(26-3)22(27-4)17(15)11-24(2)8-7-14-9-19-20(29-12-28-19)10-16(14)21(23)24/h5-6,9-10,21,23H,7-8,11-12H2,1-4H3/q+1/t21-,23+,24+/m1/s1. The lowest BCUT2D eigenvalue weighted by Crippen LogP contribution is -2.55. The Bertz CT molecular complexity index is 1030. The highest BCUT2D eigenvalue weighted by Gasteiger charge is 2.52. The second-order valence-electron chi connectivity index (χ2n) is 8.36. The van der Waals surface area contributed by atoms with Crippen LogP contribution in [0.15, 0.2) is 24.3 Å². The molecule has 0 fully saturated rings. The van der Waals surface area contributed by atoms with Crippen molar-refractivity contribution in [1.29, 1.82) is 0 Å². The van der Waals surface area contributed by atoms with Gasteiger partial charge in [0, 0.05) is 24.5 Å². The van der Waals surface area contributed by atoms with E-state index in [0.717, 1.165) is 47.7 Å². The van der Waals surface area contributed by atoms with Crippen molar-refractivity contribution >= 4 is 5.97 Å². The minimum atomic E-state index is -0.435.